The molecule has 0 aliphatic carbocycles. The molecule has 31 heavy (non-hydrogen) atoms. The molecule has 2 heterocycles. The van der Waals surface area contributed by atoms with Gasteiger partial charge in [0.05, 0.1) is 10.8 Å². The number of sulfonamides is 1. The minimum atomic E-state index is -3.53. The Balaban J connectivity index is 1.58. The second-order valence-electron chi connectivity index (χ2n) is 8.33. The standard InChI is InChI=1S/C22H33N3O5S/c1-3-30-14-4-11-23-22(27)18-15-21(26)25(16-18)19-5-7-20(8-6-19)31(28,29)24-12-9-17(2)10-13-24/h5-8,17-18H,3-4,9-16H2,1-2H3,(H,23,27)/t18-/m0/s1. The summed E-state index contributed by atoms with van der Waals surface area (Å²) in [7, 11) is -3.53. The molecule has 2 fully saturated rings. The summed E-state index contributed by atoms with van der Waals surface area (Å²) in [6.45, 7) is 7.20. The molecule has 8 nitrogen and oxygen atoms in total. The Morgan fingerprint density at radius 1 is 1.19 bits per heavy atom. The quantitative estimate of drug-likeness (QED) is 0.580. The van der Waals surface area contributed by atoms with Crippen LogP contribution in [0.1, 0.15) is 39.5 Å². The minimum Gasteiger partial charge on any atom is -0.382 e. The Labute approximate surface area is 185 Å². The van der Waals surface area contributed by atoms with Crippen molar-refractivity contribution in [3.05, 3.63) is 24.3 Å². The van der Waals surface area contributed by atoms with Gasteiger partial charge in [0.15, 0.2) is 0 Å². The Morgan fingerprint density at radius 3 is 2.52 bits per heavy atom. The number of benzene rings is 1. The predicted octanol–water partition coefficient (Wildman–Crippen LogP) is 2.00. The summed E-state index contributed by atoms with van der Waals surface area (Å²) in [4.78, 5) is 26.6. The molecule has 2 aliphatic rings. The highest BCUT2D eigenvalue weighted by atomic mass is 32.2. The molecule has 1 atom stereocenters. The van der Waals surface area contributed by atoms with Crippen LogP contribution < -0.4 is 10.2 Å². The van der Waals surface area contributed by atoms with Crippen LogP contribution >= 0.6 is 0 Å². The molecular weight excluding hydrogens is 418 g/mol. The number of carbonyl (C=O) groups excluding carboxylic acids is 2. The molecule has 2 aliphatic heterocycles. The van der Waals surface area contributed by atoms with Gasteiger partial charge in [0, 0.05) is 51.5 Å². The Hall–Kier alpha value is -1.97. The number of amides is 2. The monoisotopic (exact) mass is 451 g/mol. The zero-order valence-corrected chi connectivity index (χ0v) is 19.2. The van der Waals surface area contributed by atoms with Gasteiger partial charge in [0.25, 0.3) is 0 Å². The number of rotatable bonds is 9. The second-order valence-corrected chi connectivity index (χ2v) is 10.3. The first kappa shape index (κ1) is 23.7. The van der Waals surface area contributed by atoms with E-state index in [1.54, 1.807) is 29.2 Å². The van der Waals surface area contributed by atoms with Gasteiger partial charge >= 0.3 is 0 Å². The molecule has 9 heteroatoms. The normalized spacial score (nSPS) is 20.9. The van der Waals surface area contributed by atoms with Gasteiger partial charge in [-0.2, -0.15) is 4.31 Å². The molecule has 0 aromatic heterocycles. The first-order valence-electron chi connectivity index (χ1n) is 11.1. The van der Waals surface area contributed by atoms with Crippen LogP contribution in [-0.4, -0.2) is 63.9 Å². The van der Waals surface area contributed by atoms with Gasteiger partial charge in [-0.15, -0.1) is 0 Å². The highest BCUT2D eigenvalue weighted by Gasteiger charge is 2.35. The maximum Gasteiger partial charge on any atom is 0.243 e. The molecule has 172 valence electrons. The van der Waals surface area contributed by atoms with Gasteiger partial charge in [-0.25, -0.2) is 8.42 Å². The molecule has 0 bridgehead atoms. The number of carbonyl (C=O) groups is 2. The first-order valence-corrected chi connectivity index (χ1v) is 12.5. The van der Waals surface area contributed by atoms with Crippen LogP contribution in [0.5, 0.6) is 0 Å². The smallest absolute Gasteiger partial charge is 0.243 e. The molecule has 0 unspecified atom stereocenters. The van der Waals surface area contributed by atoms with Gasteiger partial charge < -0.3 is 15.0 Å². The van der Waals surface area contributed by atoms with Gasteiger partial charge in [0.1, 0.15) is 0 Å². The number of hydrogen-bond acceptors (Lipinski definition) is 5. The van der Waals surface area contributed by atoms with E-state index in [1.165, 1.54) is 4.31 Å². The van der Waals surface area contributed by atoms with E-state index < -0.39 is 15.9 Å². The zero-order valence-electron chi connectivity index (χ0n) is 18.4. The van der Waals surface area contributed by atoms with Crippen LogP contribution in [-0.2, 0) is 24.3 Å². The van der Waals surface area contributed by atoms with E-state index in [1.807, 2.05) is 6.92 Å². The third-order valence-electron chi connectivity index (χ3n) is 5.99. The Morgan fingerprint density at radius 2 is 1.87 bits per heavy atom. The van der Waals surface area contributed by atoms with Crippen molar-refractivity contribution < 1.29 is 22.7 Å². The molecule has 1 aromatic rings. The topological polar surface area (TPSA) is 96.0 Å². The minimum absolute atomic E-state index is 0.130. The number of piperidine rings is 1. The third kappa shape index (κ3) is 5.84. The lowest BCUT2D eigenvalue weighted by Gasteiger charge is -2.29. The van der Waals surface area contributed by atoms with Crippen LogP contribution in [0.4, 0.5) is 5.69 Å². The van der Waals surface area contributed by atoms with Crippen LogP contribution in [0, 0.1) is 11.8 Å². The van der Waals surface area contributed by atoms with Gasteiger partial charge in [-0.1, -0.05) is 6.92 Å². The van der Waals surface area contributed by atoms with Crippen molar-refractivity contribution in [2.75, 3.05) is 44.3 Å². The zero-order chi connectivity index (χ0) is 22.4. The lowest BCUT2D eigenvalue weighted by molar-refractivity contribution is -0.126. The molecule has 2 saturated heterocycles. The van der Waals surface area contributed by atoms with E-state index >= 15 is 0 Å². The summed E-state index contributed by atoms with van der Waals surface area (Å²) in [6.07, 6.45) is 2.63. The van der Waals surface area contributed by atoms with Crippen molar-refractivity contribution in [2.45, 2.75) is 44.4 Å². The van der Waals surface area contributed by atoms with E-state index in [4.69, 9.17) is 4.74 Å². The van der Waals surface area contributed by atoms with Crippen molar-refractivity contribution in [1.29, 1.82) is 0 Å². The van der Waals surface area contributed by atoms with Crippen molar-refractivity contribution >= 4 is 27.5 Å². The van der Waals surface area contributed by atoms with Gasteiger partial charge in [0.2, 0.25) is 21.8 Å². The summed E-state index contributed by atoms with van der Waals surface area (Å²) < 4.78 is 32.6. The van der Waals surface area contributed by atoms with Crippen molar-refractivity contribution in [1.82, 2.24) is 9.62 Å². The summed E-state index contributed by atoms with van der Waals surface area (Å²) in [5, 5.41) is 2.86. The lowest BCUT2D eigenvalue weighted by Crippen LogP contribution is -2.37. The van der Waals surface area contributed by atoms with Gasteiger partial charge in [-0.3, -0.25) is 9.59 Å². The molecule has 0 spiro atoms. The summed E-state index contributed by atoms with van der Waals surface area (Å²) >= 11 is 0. The average molecular weight is 452 g/mol. The SMILES string of the molecule is CCOCCCNC(=O)[C@H]1CC(=O)N(c2ccc(S(=O)(=O)N3CCC(C)CC3)cc2)C1. The number of ether oxygens (including phenoxy) is 1. The fraction of sp³-hybridized carbons (Fsp3) is 0.636. The van der Waals surface area contributed by atoms with Crippen molar-refractivity contribution in [3.63, 3.8) is 0 Å². The van der Waals surface area contributed by atoms with Crippen molar-refractivity contribution in [2.24, 2.45) is 11.8 Å². The maximum absolute atomic E-state index is 12.9. The van der Waals surface area contributed by atoms with E-state index in [9.17, 15) is 18.0 Å². The molecule has 0 saturated carbocycles. The Kier molecular flexibility index (Phi) is 8.07. The Bertz CT molecular complexity index is 864. The average Bonchev–Trinajstić information content (AvgIpc) is 3.15. The second kappa shape index (κ2) is 10.6. The largest absolute Gasteiger partial charge is 0.382 e. The van der Waals surface area contributed by atoms with Crippen LogP contribution in [0.2, 0.25) is 0 Å². The number of nitrogens with zero attached hydrogens (tertiary/aromatic N) is 2. The first-order chi connectivity index (χ1) is 14.8. The van der Waals surface area contributed by atoms with E-state index in [0.717, 1.165) is 19.3 Å². The van der Waals surface area contributed by atoms with E-state index in [0.29, 0.717) is 51.0 Å². The molecule has 1 aromatic carbocycles. The maximum atomic E-state index is 12.9. The fourth-order valence-corrected chi connectivity index (χ4v) is 5.45. The van der Waals surface area contributed by atoms with E-state index in [2.05, 4.69) is 12.2 Å². The number of anilines is 1. The molecule has 0 radical (unpaired) electrons. The summed E-state index contributed by atoms with van der Waals surface area (Å²) in [5.41, 5.74) is 0.614. The number of nitrogens with one attached hydrogen (secondary N) is 1. The lowest BCUT2D eigenvalue weighted by atomic mass is 10.0. The van der Waals surface area contributed by atoms with Crippen LogP contribution in [0.15, 0.2) is 29.2 Å². The molecule has 2 amide bonds. The van der Waals surface area contributed by atoms with Crippen molar-refractivity contribution in [3.8, 4) is 0 Å². The molecule has 1 N–H and O–H groups in total. The summed E-state index contributed by atoms with van der Waals surface area (Å²) in [5.74, 6) is -0.121. The summed E-state index contributed by atoms with van der Waals surface area (Å²) in [6, 6.07) is 6.41. The highest BCUT2D eigenvalue weighted by Crippen LogP contribution is 2.28. The molecular formula is C22H33N3O5S. The molecule has 3 rings (SSSR count). The third-order valence-corrected chi connectivity index (χ3v) is 7.91. The predicted molar refractivity (Wildman–Crippen MR) is 118 cm³/mol. The van der Waals surface area contributed by atoms with Crippen LogP contribution in [0.3, 0.4) is 0 Å². The van der Waals surface area contributed by atoms with Gasteiger partial charge in [-0.05, 0) is 56.4 Å². The highest BCUT2D eigenvalue weighted by molar-refractivity contribution is 7.89. The number of hydrogen-bond donors (Lipinski definition) is 1. The van der Waals surface area contributed by atoms with Crippen LogP contribution in [0.25, 0.3) is 0 Å². The van der Waals surface area contributed by atoms with E-state index in [-0.39, 0.29) is 23.1 Å². The fourth-order valence-electron chi connectivity index (χ4n) is 3.98.